The van der Waals surface area contributed by atoms with E-state index in [1.54, 1.807) is 10.9 Å². The highest BCUT2D eigenvalue weighted by Gasteiger charge is 2.25. The molecule has 1 aromatic heterocycles. The first-order valence-corrected chi connectivity index (χ1v) is 7.97. The Morgan fingerprint density at radius 1 is 1.33 bits per heavy atom. The van der Waals surface area contributed by atoms with Crippen LogP contribution in [0.25, 0.3) is 10.9 Å². The van der Waals surface area contributed by atoms with Crippen LogP contribution in [0.5, 0.6) is 0 Å². The summed E-state index contributed by atoms with van der Waals surface area (Å²) >= 11 is 0. The Morgan fingerprint density at radius 2 is 2.10 bits per heavy atom. The summed E-state index contributed by atoms with van der Waals surface area (Å²) in [4.78, 5) is 17.0. The van der Waals surface area contributed by atoms with Gasteiger partial charge in [0.25, 0.3) is 5.56 Å². The summed E-state index contributed by atoms with van der Waals surface area (Å²) in [5, 5.41) is 4.27. The van der Waals surface area contributed by atoms with Gasteiger partial charge in [-0.05, 0) is 37.4 Å². The van der Waals surface area contributed by atoms with Crippen molar-refractivity contribution in [3.63, 3.8) is 0 Å². The van der Waals surface area contributed by atoms with Gasteiger partial charge in [-0.15, -0.1) is 0 Å². The van der Waals surface area contributed by atoms with Crippen LogP contribution < -0.4 is 10.9 Å². The van der Waals surface area contributed by atoms with Gasteiger partial charge in [0.2, 0.25) is 0 Å². The molecule has 4 nitrogen and oxygen atoms in total. The number of hydrogen-bond donors (Lipinski definition) is 1. The Labute approximate surface area is 125 Å². The van der Waals surface area contributed by atoms with E-state index < -0.39 is 0 Å². The van der Waals surface area contributed by atoms with Crippen molar-refractivity contribution in [2.24, 2.45) is 5.92 Å². The van der Waals surface area contributed by atoms with E-state index in [9.17, 15) is 4.79 Å². The van der Waals surface area contributed by atoms with Crippen molar-refractivity contribution in [3.05, 3.63) is 40.9 Å². The Bertz CT molecular complexity index is 658. The average molecular weight is 285 g/mol. The molecule has 1 fully saturated rings. The van der Waals surface area contributed by atoms with Crippen molar-refractivity contribution >= 4 is 10.9 Å². The number of rotatable bonds is 5. The largest absolute Gasteiger partial charge is 0.312 e. The molecule has 0 radical (unpaired) electrons. The molecule has 3 rings (SSSR count). The summed E-state index contributed by atoms with van der Waals surface area (Å²) in [5.41, 5.74) is 0.848. The molecule has 1 aromatic carbocycles. The first-order chi connectivity index (χ1) is 10.3. The zero-order valence-corrected chi connectivity index (χ0v) is 12.6. The standard InChI is InChI=1S/C17H23N3O/c1-2-18-16(13-7-3-4-8-13)11-20-12-19-15-10-6-5-9-14(15)17(20)21/h5-6,9-10,12-13,16,18H,2-4,7-8,11H2,1H3. The monoisotopic (exact) mass is 285 g/mol. The van der Waals surface area contributed by atoms with Crippen molar-refractivity contribution < 1.29 is 0 Å². The minimum atomic E-state index is 0.0708. The van der Waals surface area contributed by atoms with E-state index in [2.05, 4.69) is 17.2 Å². The number of likely N-dealkylation sites (N-methyl/N-ethyl adjacent to an activating group) is 1. The molecule has 1 atom stereocenters. The van der Waals surface area contributed by atoms with Gasteiger partial charge >= 0.3 is 0 Å². The zero-order valence-electron chi connectivity index (χ0n) is 12.6. The zero-order chi connectivity index (χ0) is 14.7. The van der Waals surface area contributed by atoms with Crippen LogP contribution in [0.3, 0.4) is 0 Å². The number of benzene rings is 1. The van der Waals surface area contributed by atoms with Crippen LogP contribution in [0.1, 0.15) is 32.6 Å². The molecule has 1 unspecified atom stereocenters. The number of para-hydroxylation sites is 1. The third-order valence-corrected chi connectivity index (χ3v) is 4.56. The van der Waals surface area contributed by atoms with E-state index in [0.717, 1.165) is 18.6 Å². The number of fused-ring (bicyclic) bond motifs is 1. The molecule has 0 bridgehead atoms. The van der Waals surface area contributed by atoms with Crippen molar-refractivity contribution in [1.82, 2.24) is 14.9 Å². The van der Waals surface area contributed by atoms with Crippen LogP contribution in [0.4, 0.5) is 0 Å². The third-order valence-electron chi connectivity index (χ3n) is 4.56. The molecular formula is C17H23N3O. The fourth-order valence-electron chi connectivity index (χ4n) is 3.45. The molecule has 0 aliphatic heterocycles. The minimum absolute atomic E-state index is 0.0708. The highest BCUT2D eigenvalue weighted by Crippen LogP contribution is 2.28. The van der Waals surface area contributed by atoms with Crippen LogP contribution in [0, 0.1) is 5.92 Å². The average Bonchev–Trinajstić information content (AvgIpc) is 3.04. The topological polar surface area (TPSA) is 46.9 Å². The SMILES string of the molecule is CCNC(Cn1cnc2ccccc2c1=O)C1CCCC1. The summed E-state index contributed by atoms with van der Waals surface area (Å²) in [6, 6.07) is 7.94. The van der Waals surface area contributed by atoms with E-state index >= 15 is 0 Å². The Kier molecular flexibility index (Phi) is 4.34. The normalized spacial score (nSPS) is 17.4. The van der Waals surface area contributed by atoms with Crippen molar-refractivity contribution in [1.29, 1.82) is 0 Å². The minimum Gasteiger partial charge on any atom is -0.312 e. The van der Waals surface area contributed by atoms with Gasteiger partial charge in [-0.3, -0.25) is 9.36 Å². The number of aromatic nitrogens is 2. The van der Waals surface area contributed by atoms with E-state index in [1.807, 2.05) is 24.3 Å². The lowest BCUT2D eigenvalue weighted by molar-refractivity contribution is 0.324. The van der Waals surface area contributed by atoms with Gasteiger partial charge < -0.3 is 5.32 Å². The van der Waals surface area contributed by atoms with Gasteiger partial charge in [0.05, 0.1) is 17.2 Å². The van der Waals surface area contributed by atoms with E-state index in [1.165, 1.54) is 25.7 Å². The Morgan fingerprint density at radius 3 is 2.86 bits per heavy atom. The summed E-state index contributed by atoms with van der Waals surface area (Å²) in [6.07, 6.45) is 6.87. The molecule has 0 amide bonds. The van der Waals surface area contributed by atoms with Gasteiger partial charge in [0.1, 0.15) is 0 Å². The maximum atomic E-state index is 12.6. The second-order valence-electron chi connectivity index (χ2n) is 5.93. The van der Waals surface area contributed by atoms with Crippen LogP contribution in [-0.4, -0.2) is 22.1 Å². The Hall–Kier alpha value is -1.68. The van der Waals surface area contributed by atoms with Crippen LogP contribution in [0.2, 0.25) is 0 Å². The maximum Gasteiger partial charge on any atom is 0.261 e. The summed E-state index contributed by atoms with van der Waals surface area (Å²) < 4.78 is 1.77. The molecule has 2 aromatic rings. The summed E-state index contributed by atoms with van der Waals surface area (Å²) in [6.45, 7) is 3.79. The lowest BCUT2D eigenvalue weighted by atomic mass is 9.98. The molecule has 4 heteroatoms. The molecule has 1 heterocycles. The number of nitrogens with one attached hydrogen (secondary N) is 1. The first-order valence-electron chi connectivity index (χ1n) is 7.97. The first kappa shape index (κ1) is 14.3. The van der Waals surface area contributed by atoms with E-state index in [4.69, 9.17) is 0 Å². The summed E-state index contributed by atoms with van der Waals surface area (Å²) in [5.74, 6) is 0.684. The predicted molar refractivity (Wildman–Crippen MR) is 85.4 cm³/mol. The highest BCUT2D eigenvalue weighted by atomic mass is 16.1. The molecular weight excluding hydrogens is 262 g/mol. The van der Waals surface area contributed by atoms with Crippen molar-refractivity contribution in [3.8, 4) is 0 Å². The molecule has 1 saturated carbocycles. The molecule has 0 spiro atoms. The Balaban J connectivity index is 1.88. The van der Waals surface area contributed by atoms with Gasteiger partial charge in [0.15, 0.2) is 0 Å². The van der Waals surface area contributed by atoms with Crippen LogP contribution in [0.15, 0.2) is 35.4 Å². The van der Waals surface area contributed by atoms with Crippen molar-refractivity contribution in [2.75, 3.05) is 6.54 Å². The maximum absolute atomic E-state index is 12.6. The molecule has 1 aliphatic carbocycles. The third kappa shape index (κ3) is 3.00. The number of hydrogen-bond acceptors (Lipinski definition) is 3. The summed E-state index contributed by atoms with van der Waals surface area (Å²) in [7, 11) is 0. The second-order valence-corrected chi connectivity index (χ2v) is 5.93. The lowest BCUT2D eigenvalue weighted by Crippen LogP contribution is -2.41. The van der Waals surface area contributed by atoms with Crippen molar-refractivity contribution in [2.45, 2.75) is 45.2 Å². The molecule has 1 N–H and O–H groups in total. The van der Waals surface area contributed by atoms with Gasteiger partial charge in [-0.1, -0.05) is 31.9 Å². The quantitative estimate of drug-likeness (QED) is 0.918. The lowest BCUT2D eigenvalue weighted by Gasteiger charge is -2.25. The van der Waals surface area contributed by atoms with Gasteiger partial charge in [0, 0.05) is 12.6 Å². The van der Waals surface area contributed by atoms with E-state index in [0.29, 0.717) is 17.3 Å². The molecule has 0 saturated heterocycles. The smallest absolute Gasteiger partial charge is 0.261 e. The predicted octanol–water partition coefficient (Wildman–Crippen LogP) is 2.56. The fourth-order valence-corrected chi connectivity index (χ4v) is 3.45. The van der Waals surface area contributed by atoms with Gasteiger partial charge in [-0.25, -0.2) is 4.98 Å². The highest BCUT2D eigenvalue weighted by molar-refractivity contribution is 5.76. The molecule has 1 aliphatic rings. The van der Waals surface area contributed by atoms with Crippen LogP contribution >= 0.6 is 0 Å². The van der Waals surface area contributed by atoms with Gasteiger partial charge in [-0.2, -0.15) is 0 Å². The second kappa shape index (κ2) is 6.39. The number of nitrogens with zero attached hydrogens (tertiary/aromatic N) is 2. The van der Waals surface area contributed by atoms with Crippen LogP contribution in [-0.2, 0) is 6.54 Å². The van der Waals surface area contributed by atoms with E-state index in [-0.39, 0.29) is 5.56 Å². The fraction of sp³-hybridized carbons (Fsp3) is 0.529. The molecule has 112 valence electrons. The molecule has 21 heavy (non-hydrogen) atoms.